The molecule has 3 aromatic rings. The van der Waals surface area contributed by atoms with Crippen LogP contribution < -0.4 is 16.0 Å². The lowest BCUT2D eigenvalue weighted by atomic mass is 9.72. The third-order valence-corrected chi connectivity index (χ3v) is 10.6. The number of carbonyl (C=O) groups is 1. The summed E-state index contributed by atoms with van der Waals surface area (Å²) in [6.07, 6.45) is 13.2. The summed E-state index contributed by atoms with van der Waals surface area (Å²) in [5, 5.41) is 9.94. The summed E-state index contributed by atoms with van der Waals surface area (Å²) in [6, 6.07) is 11.3. The van der Waals surface area contributed by atoms with Crippen molar-refractivity contribution in [2.45, 2.75) is 81.8 Å². The number of aromatic amines is 1. The number of anilines is 1. The molecule has 2 aliphatic heterocycles. The van der Waals surface area contributed by atoms with E-state index in [0.717, 1.165) is 66.6 Å². The Morgan fingerprint density at radius 2 is 2.00 bits per heavy atom. The van der Waals surface area contributed by atoms with Crippen molar-refractivity contribution in [1.82, 2.24) is 20.6 Å². The lowest BCUT2D eigenvalue weighted by molar-refractivity contribution is -0.118. The normalized spacial score (nSPS) is 32.8. The molecule has 0 radical (unpaired) electrons. The van der Waals surface area contributed by atoms with Crippen molar-refractivity contribution in [2.75, 3.05) is 11.9 Å². The summed E-state index contributed by atoms with van der Waals surface area (Å²) in [4.78, 5) is 21.4. The molecule has 8 heteroatoms. The molecule has 5 aliphatic rings. The largest absolute Gasteiger partial charge is 0.341 e. The zero-order valence-corrected chi connectivity index (χ0v) is 23.9. The summed E-state index contributed by atoms with van der Waals surface area (Å²) in [7, 11) is 0. The molecule has 2 unspecified atom stereocenters. The van der Waals surface area contributed by atoms with Crippen LogP contribution >= 0.6 is 0 Å². The molecule has 2 aromatic carbocycles. The van der Waals surface area contributed by atoms with Gasteiger partial charge in [-0.3, -0.25) is 4.79 Å². The van der Waals surface area contributed by atoms with Crippen molar-refractivity contribution in [3.63, 3.8) is 0 Å². The van der Waals surface area contributed by atoms with E-state index in [2.05, 4.69) is 27.9 Å². The number of imidazole rings is 1. The lowest BCUT2D eigenvalue weighted by Crippen LogP contribution is -2.41. The number of fused-ring (bicyclic) bond motifs is 5. The number of hydrogen-bond acceptors (Lipinski definition) is 4. The Kier molecular flexibility index (Phi) is 5.99. The SMILES string of the molecule is C[C@@]12CCCC[C@@H]1N[C@H](C(=O)Nc1ccc3c(c1)C(F)(F)C1C=C(c4ccc5nc([C@@H]6CCCN6)[nH]c5c4)C=CC31)C2. The van der Waals surface area contributed by atoms with Crippen molar-refractivity contribution in [2.24, 2.45) is 11.3 Å². The molecule has 1 saturated carbocycles. The van der Waals surface area contributed by atoms with Crippen LogP contribution in [0.25, 0.3) is 16.6 Å². The van der Waals surface area contributed by atoms with Crippen molar-refractivity contribution < 1.29 is 13.6 Å². The van der Waals surface area contributed by atoms with Crippen molar-refractivity contribution in [3.8, 4) is 0 Å². The van der Waals surface area contributed by atoms with Gasteiger partial charge in [-0.15, -0.1) is 0 Å². The quantitative estimate of drug-likeness (QED) is 0.282. The van der Waals surface area contributed by atoms with E-state index in [4.69, 9.17) is 4.98 Å². The molecule has 218 valence electrons. The van der Waals surface area contributed by atoms with E-state index in [1.54, 1.807) is 18.2 Å². The van der Waals surface area contributed by atoms with Crippen molar-refractivity contribution in [3.05, 3.63) is 77.1 Å². The molecule has 1 amide bonds. The molecule has 0 spiro atoms. The molecule has 1 aromatic heterocycles. The second-order valence-corrected chi connectivity index (χ2v) is 13.3. The molecule has 4 N–H and O–H groups in total. The van der Waals surface area contributed by atoms with Gasteiger partial charge in [0.05, 0.1) is 29.0 Å². The molecule has 3 aliphatic carbocycles. The summed E-state index contributed by atoms with van der Waals surface area (Å²) < 4.78 is 32.1. The van der Waals surface area contributed by atoms with Gasteiger partial charge in [-0.05, 0) is 85.0 Å². The molecular formula is C34H37F2N5O. The molecule has 42 heavy (non-hydrogen) atoms. The van der Waals surface area contributed by atoms with E-state index >= 15 is 8.78 Å². The van der Waals surface area contributed by atoms with Gasteiger partial charge in [0.15, 0.2) is 0 Å². The summed E-state index contributed by atoms with van der Waals surface area (Å²) in [5.41, 5.74) is 4.69. The van der Waals surface area contributed by atoms with Crippen LogP contribution in [0.3, 0.4) is 0 Å². The highest BCUT2D eigenvalue weighted by Crippen LogP contribution is 2.56. The van der Waals surface area contributed by atoms with Crippen molar-refractivity contribution >= 4 is 28.2 Å². The van der Waals surface area contributed by atoms with Gasteiger partial charge in [0, 0.05) is 23.2 Å². The van der Waals surface area contributed by atoms with Crippen LogP contribution in [0.1, 0.15) is 86.3 Å². The van der Waals surface area contributed by atoms with Crippen molar-refractivity contribution in [1.29, 1.82) is 0 Å². The van der Waals surface area contributed by atoms with Crippen LogP contribution in [0.2, 0.25) is 0 Å². The number of nitrogens with one attached hydrogen (secondary N) is 4. The first-order chi connectivity index (χ1) is 20.3. The van der Waals surface area contributed by atoms with Gasteiger partial charge >= 0.3 is 0 Å². The molecule has 6 atom stereocenters. The minimum atomic E-state index is -3.05. The van der Waals surface area contributed by atoms with Crippen LogP contribution in [0.5, 0.6) is 0 Å². The number of halogens is 2. The van der Waals surface area contributed by atoms with Gasteiger partial charge < -0.3 is 20.9 Å². The minimum absolute atomic E-state index is 0.00943. The summed E-state index contributed by atoms with van der Waals surface area (Å²) in [5.74, 6) is -3.63. The monoisotopic (exact) mass is 569 g/mol. The number of allylic oxidation sites excluding steroid dienone is 4. The number of hydrogen-bond donors (Lipinski definition) is 4. The molecule has 6 nitrogen and oxygen atoms in total. The Bertz CT molecular complexity index is 1640. The Labute approximate surface area is 244 Å². The van der Waals surface area contributed by atoms with Gasteiger partial charge in [0.1, 0.15) is 5.82 Å². The zero-order chi connectivity index (χ0) is 28.6. The van der Waals surface area contributed by atoms with E-state index in [1.807, 2.05) is 30.4 Å². The maximum atomic E-state index is 16.0. The van der Waals surface area contributed by atoms with Crippen LogP contribution in [-0.4, -0.2) is 34.5 Å². The second kappa shape index (κ2) is 9.58. The molecular weight excluding hydrogens is 532 g/mol. The van der Waals surface area contributed by atoms with E-state index in [9.17, 15) is 4.79 Å². The number of amides is 1. The van der Waals surface area contributed by atoms with Gasteiger partial charge in [-0.2, -0.15) is 0 Å². The smallest absolute Gasteiger partial charge is 0.280 e. The van der Waals surface area contributed by atoms with E-state index in [1.165, 1.54) is 18.9 Å². The number of alkyl halides is 2. The average Bonchev–Trinajstić information content (AvgIpc) is 3.77. The standard InChI is InChI=1S/C34H37F2N5O/c1-33-13-3-2-6-30(33)39-29(18-33)32(42)38-21-9-11-23-22-10-7-19(15-24(22)34(35,36)25(23)17-21)20-8-12-26-28(16-20)41-31(40-26)27-5-4-14-37-27/h7-12,15-17,22,24,27,29-30,37,39H,2-6,13-14,18H2,1H3,(H,38,42)(H,40,41)/t22?,24?,27-,29-,30-,33-/m0/s1. The fourth-order valence-electron chi connectivity index (χ4n) is 8.28. The van der Waals surface area contributed by atoms with Gasteiger partial charge in [-0.1, -0.05) is 50.1 Å². The topological polar surface area (TPSA) is 81.8 Å². The molecule has 3 heterocycles. The average molecular weight is 570 g/mol. The number of aromatic nitrogens is 2. The highest BCUT2D eigenvalue weighted by molar-refractivity contribution is 5.95. The van der Waals surface area contributed by atoms with Crippen LogP contribution in [0.4, 0.5) is 14.5 Å². The minimum Gasteiger partial charge on any atom is -0.341 e. The summed E-state index contributed by atoms with van der Waals surface area (Å²) in [6.45, 7) is 3.26. The van der Waals surface area contributed by atoms with Crippen LogP contribution in [0.15, 0.2) is 54.6 Å². The Morgan fingerprint density at radius 1 is 1.10 bits per heavy atom. The second-order valence-electron chi connectivity index (χ2n) is 13.3. The number of nitrogens with zero attached hydrogens (tertiary/aromatic N) is 1. The Balaban J connectivity index is 1.03. The zero-order valence-electron chi connectivity index (χ0n) is 23.9. The van der Waals surface area contributed by atoms with E-state index in [0.29, 0.717) is 17.3 Å². The highest BCUT2D eigenvalue weighted by atomic mass is 19.3. The first-order valence-electron chi connectivity index (χ1n) is 15.5. The Morgan fingerprint density at radius 3 is 2.83 bits per heavy atom. The van der Waals surface area contributed by atoms with Crippen LogP contribution in [0, 0.1) is 11.3 Å². The number of rotatable bonds is 4. The fourth-order valence-corrected chi connectivity index (χ4v) is 8.28. The van der Waals surface area contributed by atoms with Gasteiger partial charge in [0.2, 0.25) is 5.91 Å². The first kappa shape index (κ1) is 26.3. The van der Waals surface area contributed by atoms with Gasteiger partial charge in [-0.25, -0.2) is 13.8 Å². The van der Waals surface area contributed by atoms with Gasteiger partial charge in [0.25, 0.3) is 5.92 Å². The maximum absolute atomic E-state index is 16.0. The predicted molar refractivity (Wildman–Crippen MR) is 160 cm³/mol. The molecule has 2 saturated heterocycles. The van der Waals surface area contributed by atoms with Crippen LogP contribution in [-0.2, 0) is 10.7 Å². The third kappa shape index (κ3) is 4.17. The fraction of sp³-hybridized carbons (Fsp3) is 0.471. The summed E-state index contributed by atoms with van der Waals surface area (Å²) >= 11 is 0. The molecule has 3 fully saturated rings. The number of carbonyl (C=O) groups excluding carboxylic acids is 1. The highest BCUT2D eigenvalue weighted by Gasteiger charge is 2.53. The van der Waals surface area contributed by atoms with E-state index < -0.39 is 17.8 Å². The third-order valence-electron chi connectivity index (χ3n) is 10.6. The molecule has 0 bridgehead atoms. The van der Waals surface area contributed by atoms with E-state index in [-0.39, 0.29) is 29.0 Å². The first-order valence-corrected chi connectivity index (χ1v) is 15.5. The number of H-pyrrole nitrogens is 1. The molecule has 8 rings (SSSR count). The predicted octanol–water partition coefficient (Wildman–Crippen LogP) is 6.70. The lowest BCUT2D eigenvalue weighted by Gasteiger charge is -2.35. The Hall–Kier alpha value is -3.36. The maximum Gasteiger partial charge on any atom is 0.280 e. The number of benzene rings is 2.